The zero-order valence-corrected chi connectivity index (χ0v) is 20.8. The number of carbonyl (C=O) groups is 2. The van der Waals surface area contributed by atoms with Gasteiger partial charge in [-0.1, -0.05) is 43.3 Å². The monoisotopic (exact) mass is 488 g/mol. The van der Waals surface area contributed by atoms with Crippen molar-refractivity contribution in [2.45, 2.75) is 20.3 Å². The summed E-state index contributed by atoms with van der Waals surface area (Å²) >= 11 is 1.37. The SMILES string of the molecule is CCCN(CC(=O)Nc1c(-c2ccccc2)c(C)nn1-c1ccc(OC)cc1)C(=O)c1cccs1. The molecule has 2 aromatic carbocycles. The highest BCUT2D eigenvalue weighted by Crippen LogP contribution is 2.33. The summed E-state index contributed by atoms with van der Waals surface area (Å²) in [5.41, 5.74) is 3.34. The number of rotatable bonds is 9. The molecule has 0 saturated heterocycles. The molecule has 4 rings (SSSR count). The second kappa shape index (κ2) is 11.0. The lowest BCUT2D eigenvalue weighted by atomic mass is 10.1. The Morgan fingerprint density at radius 1 is 1.06 bits per heavy atom. The van der Waals surface area contributed by atoms with Gasteiger partial charge >= 0.3 is 0 Å². The molecule has 0 atom stereocenters. The van der Waals surface area contributed by atoms with Gasteiger partial charge in [-0.25, -0.2) is 4.68 Å². The molecule has 0 radical (unpaired) electrons. The average Bonchev–Trinajstić information content (AvgIpc) is 3.52. The molecule has 180 valence electrons. The number of nitrogens with zero attached hydrogens (tertiary/aromatic N) is 3. The van der Waals surface area contributed by atoms with Crippen LogP contribution in [0.15, 0.2) is 72.1 Å². The van der Waals surface area contributed by atoms with Crippen LogP contribution in [0.2, 0.25) is 0 Å². The van der Waals surface area contributed by atoms with Gasteiger partial charge in [-0.2, -0.15) is 5.10 Å². The van der Waals surface area contributed by atoms with Crippen LogP contribution < -0.4 is 10.1 Å². The minimum Gasteiger partial charge on any atom is -0.497 e. The van der Waals surface area contributed by atoms with E-state index < -0.39 is 0 Å². The van der Waals surface area contributed by atoms with Crippen LogP contribution in [0.4, 0.5) is 5.82 Å². The standard InChI is InChI=1S/C27H28N4O3S/c1-4-16-30(27(33)23-11-8-17-35-23)18-24(32)28-26-25(20-9-6-5-7-10-20)19(2)29-31(26)21-12-14-22(34-3)15-13-21/h5-15,17H,4,16,18H2,1-3H3,(H,28,32). The van der Waals surface area contributed by atoms with Gasteiger partial charge in [-0.15, -0.1) is 11.3 Å². The van der Waals surface area contributed by atoms with E-state index in [1.54, 1.807) is 22.8 Å². The van der Waals surface area contributed by atoms with Crippen molar-refractivity contribution in [2.24, 2.45) is 0 Å². The molecule has 8 heteroatoms. The van der Waals surface area contributed by atoms with Gasteiger partial charge in [0.2, 0.25) is 5.91 Å². The molecule has 1 N–H and O–H groups in total. The van der Waals surface area contributed by atoms with Crippen LogP contribution in [-0.2, 0) is 4.79 Å². The lowest BCUT2D eigenvalue weighted by molar-refractivity contribution is -0.116. The van der Waals surface area contributed by atoms with Gasteiger partial charge in [0.15, 0.2) is 0 Å². The first kappa shape index (κ1) is 24.2. The van der Waals surface area contributed by atoms with E-state index in [1.807, 2.05) is 79.9 Å². The first-order chi connectivity index (χ1) is 17.0. The number of methoxy groups -OCH3 is 1. The van der Waals surface area contributed by atoms with E-state index in [9.17, 15) is 9.59 Å². The number of aryl methyl sites for hydroxylation is 1. The predicted octanol–water partition coefficient (Wildman–Crippen LogP) is 5.41. The smallest absolute Gasteiger partial charge is 0.264 e. The van der Waals surface area contributed by atoms with Crippen LogP contribution in [-0.4, -0.2) is 46.7 Å². The molecule has 0 bridgehead atoms. The Kier molecular flexibility index (Phi) is 7.62. The Hall–Kier alpha value is -3.91. The molecule has 0 spiro atoms. The van der Waals surface area contributed by atoms with Crippen LogP contribution in [0, 0.1) is 6.92 Å². The molecular weight excluding hydrogens is 460 g/mol. The Bertz CT molecular complexity index is 1280. The maximum Gasteiger partial charge on any atom is 0.264 e. The normalized spacial score (nSPS) is 10.7. The highest BCUT2D eigenvalue weighted by atomic mass is 32.1. The minimum atomic E-state index is -0.282. The maximum absolute atomic E-state index is 13.3. The van der Waals surface area contributed by atoms with Gasteiger partial charge in [0.05, 0.1) is 23.4 Å². The average molecular weight is 489 g/mol. The summed E-state index contributed by atoms with van der Waals surface area (Å²) in [7, 11) is 1.62. The number of hydrogen-bond acceptors (Lipinski definition) is 5. The number of ether oxygens (including phenoxy) is 1. The van der Waals surface area contributed by atoms with Crippen molar-refractivity contribution in [3.8, 4) is 22.6 Å². The largest absolute Gasteiger partial charge is 0.497 e. The molecule has 0 aliphatic rings. The van der Waals surface area contributed by atoms with Gasteiger partial charge in [0.1, 0.15) is 18.1 Å². The topological polar surface area (TPSA) is 76.5 Å². The molecule has 0 unspecified atom stereocenters. The third-order valence-corrected chi connectivity index (χ3v) is 6.40. The molecule has 7 nitrogen and oxygen atoms in total. The fourth-order valence-corrected chi connectivity index (χ4v) is 4.62. The van der Waals surface area contributed by atoms with Crippen LogP contribution in [0.25, 0.3) is 16.8 Å². The van der Waals surface area contributed by atoms with Gasteiger partial charge in [0, 0.05) is 12.1 Å². The molecule has 35 heavy (non-hydrogen) atoms. The van der Waals surface area contributed by atoms with Gasteiger partial charge in [-0.05, 0) is 54.6 Å². The van der Waals surface area contributed by atoms with Gasteiger partial charge in [-0.3, -0.25) is 9.59 Å². The van der Waals surface area contributed by atoms with Crippen molar-refractivity contribution in [1.82, 2.24) is 14.7 Å². The number of carbonyl (C=O) groups excluding carboxylic acids is 2. The number of anilines is 1. The molecule has 2 aromatic heterocycles. The Balaban J connectivity index is 1.68. The Labute approximate surface area is 209 Å². The number of hydrogen-bond donors (Lipinski definition) is 1. The molecule has 2 amide bonds. The summed E-state index contributed by atoms with van der Waals surface area (Å²) in [6, 6.07) is 20.9. The third-order valence-electron chi connectivity index (χ3n) is 5.54. The highest BCUT2D eigenvalue weighted by molar-refractivity contribution is 7.12. The molecule has 0 fully saturated rings. The lowest BCUT2D eigenvalue weighted by Crippen LogP contribution is -2.38. The molecule has 0 saturated carbocycles. The summed E-state index contributed by atoms with van der Waals surface area (Å²) in [6.07, 6.45) is 0.753. The molecular formula is C27H28N4O3S. The van der Waals surface area contributed by atoms with Crippen molar-refractivity contribution >= 4 is 29.0 Å². The third kappa shape index (κ3) is 5.44. The second-order valence-corrected chi connectivity index (χ2v) is 8.98. The Morgan fingerprint density at radius 2 is 1.80 bits per heavy atom. The van der Waals surface area contributed by atoms with Crippen molar-refractivity contribution in [3.63, 3.8) is 0 Å². The summed E-state index contributed by atoms with van der Waals surface area (Å²) in [5.74, 6) is 0.869. The fourth-order valence-electron chi connectivity index (χ4n) is 3.93. The number of amides is 2. The zero-order valence-electron chi connectivity index (χ0n) is 20.0. The van der Waals surface area contributed by atoms with E-state index in [0.29, 0.717) is 17.2 Å². The van der Waals surface area contributed by atoms with Crippen molar-refractivity contribution in [2.75, 3.05) is 25.5 Å². The molecule has 2 heterocycles. The molecule has 0 aliphatic carbocycles. The number of nitrogens with one attached hydrogen (secondary N) is 1. The van der Waals surface area contributed by atoms with Crippen molar-refractivity contribution in [1.29, 1.82) is 0 Å². The van der Waals surface area contributed by atoms with E-state index in [4.69, 9.17) is 9.84 Å². The number of aromatic nitrogens is 2. The van der Waals surface area contributed by atoms with E-state index in [1.165, 1.54) is 11.3 Å². The highest BCUT2D eigenvalue weighted by Gasteiger charge is 2.23. The van der Waals surface area contributed by atoms with E-state index in [-0.39, 0.29) is 18.4 Å². The predicted molar refractivity (Wildman–Crippen MR) is 139 cm³/mol. The Morgan fingerprint density at radius 3 is 2.43 bits per heavy atom. The summed E-state index contributed by atoms with van der Waals surface area (Å²) in [5, 5.41) is 9.65. The van der Waals surface area contributed by atoms with Crippen molar-refractivity contribution in [3.05, 3.63) is 82.7 Å². The van der Waals surface area contributed by atoms with Crippen LogP contribution in [0.1, 0.15) is 28.7 Å². The molecule has 4 aromatic rings. The summed E-state index contributed by atoms with van der Waals surface area (Å²) in [4.78, 5) is 28.4. The first-order valence-corrected chi connectivity index (χ1v) is 12.3. The van der Waals surface area contributed by atoms with Gasteiger partial charge < -0.3 is 15.0 Å². The lowest BCUT2D eigenvalue weighted by Gasteiger charge is -2.21. The van der Waals surface area contributed by atoms with Crippen LogP contribution in [0.3, 0.4) is 0 Å². The van der Waals surface area contributed by atoms with E-state index in [0.717, 1.165) is 34.7 Å². The van der Waals surface area contributed by atoms with Crippen LogP contribution >= 0.6 is 11.3 Å². The quantitative estimate of drug-likeness (QED) is 0.342. The summed E-state index contributed by atoms with van der Waals surface area (Å²) in [6.45, 7) is 4.35. The fraction of sp³-hybridized carbons (Fsp3) is 0.222. The number of benzene rings is 2. The van der Waals surface area contributed by atoms with Crippen LogP contribution in [0.5, 0.6) is 5.75 Å². The summed E-state index contributed by atoms with van der Waals surface area (Å²) < 4.78 is 7.00. The minimum absolute atomic E-state index is 0.0500. The zero-order chi connectivity index (χ0) is 24.8. The van der Waals surface area contributed by atoms with Crippen molar-refractivity contribution < 1.29 is 14.3 Å². The maximum atomic E-state index is 13.3. The number of thiophene rings is 1. The van der Waals surface area contributed by atoms with E-state index in [2.05, 4.69) is 5.32 Å². The first-order valence-electron chi connectivity index (χ1n) is 11.4. The molecule has 0 aliphatic heterocycles. The second-order valence-electron chi connectivity index (χ2n) is 8.04. The van der Waals surface area contributed by atoms with E-state index >= 15 is 0 Å². The van der Waals surface area contributed by atoms with Gasteiger partial charge in [0.25, 0.3) is 5.91 Å².